The molecule has 1 saturated heterocycles. The average Bonchev–Trinajstić information content (AvgIpc) is 3.13. The highest BCUT2D eigenvalue weighted by atomic mass is 19.2. The van der Waals surface area contributed by atoms with E-state index in [2.05, 4.69) is 6.92 Å². The van der Waals surface area contributed by atoms with Gasteiger partial charge in [0, 0.05) is 12.0 Å². The van der Waals surface area contributed by atoms with Gasteiger partial charge in [0.05, 0.1) is 12.5 Å². The normalized spacial score (nSPS) is 19.5. The van der Waals surface area contributed by atoms with E-state index in [1.54, 1.807) is 26.0 Å². The van der Waals surface area contributed by atoms with Crippen molar-refractivity contribution in [2.24, 2.45) is 5.92 Å². The van der Waals surface area contributed by atoms with E-state index in [1.165, 1.54) is 18.2 Å². The van der Waals surface area contributed by atoms with Crippen LogP contribution in [-0.4, -0.2) is 24.1 Å². The number of ether oxygens (including phenoxy) is 3. The molecule has 0 saturated carbocycles. The van der Waals surface area contributed by atoms with Gasteiger partial charge in [-0.05, 0) is 62.1 Å². The van der Waals surface area contributed by atoms with Gasteiger partial charge in [-0.25, -0.2) is 9.18 Å². The molecule has 7 heteroatoms. The number of hydrogen-bond acceptors (Lipinski definition) is 5. The van der Waals surface area contributed by atoms with Crippen LogP contribution >= 0.6 is 0 Å². The van der Waals surface area contributed by atoms with Gasteiger partial charge in [-0.1, -0.05) is 45.6 Å². The van der Waals surface area contributed by atoms with Crippen LogP contribution in [0.3, 0.4) is 0 Å². The third kappa shape index (κ3) is 6.19. The molecule has 1 aliphatic rings. The maximum atomic E-state index is 14.8. The Morgan fingerprint density at radius 3 is 2.46 bits per heavy atom. The van der Waals surface area contributed by atoms with Gasteiger partial charge in [-0.15, -0.1) is 0 Å². The summed E-state index contributed by atoms with van der Waals surface area (Å²) in [6.07, 6.45) is 5.53. The molecule has 5 nitrogen and oxygen atoms in total. The first-order valence-electron chi connectivity index (χ1n) is 12.4. The molecule has 2 atom stereocenters. The Morgan fingerprint density at radius 1 is 1.06 bits per heavy atom. The standard InChI is InChI=1S/C28H34F2O5/c1-5-7-9-15-33-23-14-12-21(24(29)25(23)30)19-11-13-22(18(3)16-19)34-27(32)28(4)17-20(10-8-6-2)26(31)35-28/h11-14,16,20H,5-10,15,17H2,1-4H3/t20-,28-/m0/s1. The second kappa shape index (κ2) is 11.6. The number of benzene rings is 2. The predicted molar refractivity (Wildman–Crippen MR) is 129 cm³/mol. The topological polar surface area (TPSA) is 61.8 Å². The molecule has 0 N–H and O–H groups in total. The summed E-state index contributed by atoms with van der Waals surface area (Å²) in [7, 11) is 0. The minimum Gasteiger partial charge on any atom is -0.490 e. The van der Waals surface area contributed by atoms with E-state index in [9.17, 15) is 18.4 Å². The van der Waals surface area contributed by atoms with Crippen molar-refractivity contribution >= 4 is 11.9 Å². The average molecular weight is 489 g/mol. The van der Waals surface area contributed by atoms with Gasteiger partial charge < -0.3 is 14.2 Å². The molecule has 0 bridgehead atoms. The Hall–Kier alpha value is -2.96. The van der Waals surface area contributed by atoms with Crippen molar-refractivity contribution in [3.05, 3.63) is 47.5 Å². The number of halogens is 2. The van der Waals surface area contributed by atoms with Crippen molar-refractivity contribution in [3.8, 4) is 22.6 Å². The predicted octanol–water partition coefficient (Wildman–Crippen LogP) is 6.93. The number of carbonyl (C=O) groups excluding carboxylic acids is 2. The number of esters is 2. The molecule has 0 radical (unpaired) electrons. The van der Waals surface area contributed by atoms with Gasteiger partial charge in [-0.3, -0.25) is 4.79 Å². The minimum absolute atomic E-state index is 0.0832. The molecular formula is C28H34F2O5. The first-order chi connectivity index (χ1) is 16.7. The summed E-state index contributed by atoms with van der Waals surface area (Å²) in [5.74, 6) is -3.20. The Bertz CT molecular complexity index is 1070. The lowest BCUT2D eigenvalue weighted by molar-refractivity contribution is -0.166. The summed E-state index contributed by atoms with van der Waals surface area (Å²) in [6.45, 7) is 7.69. The zero-order valence-electron chi connectivity index (χ0n) is 20.9. The number of aryl methyl sites for hydroxylation is 1. The molecule has 1 fully saturated rings. The Labute approximate surface area is 205 Å². The fourth-order valence-electron chi connectivity index (χ4n) is 4.24. The third-order valence-corrected chi connectivity index (χ3v) is 6.37. The Balaban J connectivity index is 1.72. The molecule has 1 heterocycles. The first kappa shape index (κ1) is 26.6. The summed E-state index contributed by atoms with van der Waals surface area (Å²) in [4.78, 5) is 25.0. The van der Waals surface area contributed by atoms with Gasteiger partial charge in [0.15, 0.2) is 11.6 Å². The molecule has 0 aliphatic carbocycles. The maximum Gasteiger partial charge on any atom is 0.355 e. The monoisotopic (exact) mass is 488 g/mol. The van der Waals surface area contributed by atoms with Gasteiger partial charge in [-0.2, -0.15) is 4.39 Å². The van der Waals surface area contributed by atoms with Crippen molar-refractivity contribution < 1.29 is 32.6 Å². The summed E-state index contributed by atoms with van der Waals surface area (Å²) in [5.41, 5.74) is -0.261. The van der Waals surface area contributed by atoms with Crippen LogP contribution in [-0.2, 0) is 14.3 Å². The van der Waals surface area contributed by atoms with Gasteiger partial charge >= 0.3 is 11.9 Å². The summed E-state index contributed by atoms with van der Waals surface area (Å²) >= 11 is 0. The number of carbonyl (C=O) groups is 2. The van der Waals surface area contributed by atoms with E-state index >= 15 is 0 Å². The second-order valence-corrected chi connectivity index (χ2v) is 9.36. The van der Waals surface area contributed by atoms with Crippen LogP contribution in [0.25, 0.3) is 11.1 Å². The minimum atomic E-state index is -1.34. The highest BCUT2D eigenvalue weighted by molar-refractivity contribution is 5.89. The lowest BCUT2D eigenvalue weighted by Gasteiger charge is -2.21. The summed E-state index contributed by atoms with van der Waals surface area (Å²) in [5, 5.41) is 0. The molecular weight excluding hydrogens is 454 g/mol. The SMILES string of the molecule is CCCCCOc1ccc(-c2ccc(OC(=O)[C@]3(C)C[C@H](CCCC)C(=O)O3)c(C)c2)c(F)c1F. The second-order valence-electron chi connectivity index (χ2n) is 9.36. The maximum absolute atomic E-state index is 14.8. The van der Waals surface area contributed by atoms with Gasteiger partial charge in [0.2, 0.25) is 11.4 Å². The van der Waals surface area contributed by atoms with E-state index < -0.39 is 23.2 Å². The zero-order chi connectivity index (χ0) is 25.6. The van der Waals surface area contributed by atoms with Crippen LogP contribution in [0.4, 0.5) is 8.78 Å². The third-order valence-electron chi connectivity index (χ3n) is 6.37. The quantitative estimate of drug-likeness (QED) is 0.195. The van der Waals surface area contributed by atoms with Crippen LogP contribution in [0, 0.1) is 24.5 Å². The van der Waals surface area contributed by atoms with Crippen LogP contribution in [0.5, 0.6) is 11.5 Å². The van der Waals surface area contributed by atoms with Crippen molar-refractivity contribution in [2.75, 3.05) is 6.61 Å². The Morgan fingerprint density at radius 2 is 1.77 bits per heavy atom. The van der Waals surface area contributed by atoms with Gasteiger partial charge in [0.25, 0.3) is 0 Å². The summed E-state index contributed by atoms with van der Waals surface area (Å²) in [6, 6.07) is 7.61. The molecule has 2 aromatic carbocycles. The lowest BCUT2D eigenvalue weighted by Crippen LogP contribution is -2.38. The molecule has 0 spiro atoms. The molecule has 2 aromatic rings. The number of cyclic esters (lactones) is 1. The van der Waals surface area contributed by atoms with Crippen molar-refractivity contribution in [2.45, 2.75) is 78.2 Å². The number of unbranched alkanes of at least 4 members (excludes halogenated alkanes) is 3. The molecule has 0 aromatic heterocycles. The highest BCUT2D eigenvalue weighted by Crippen LogP contribution is 2.37. The molecule has 0 unspecified atom stereocenters. The fraction of sp³-hybridized carbons (Fsp3) is 0.500. The van der Waals surface area contributed by atoms with E-state index in [0.29, 0.717) is 24.2 Å². The smallest absolute Gasteiger partial charge is 0.355 e. The molecule has 3 rings (SSSR count). The molecule has 0 amide bonds. The van der Waals surface area contributed by atoms with Crippen molar-refractivity contribution in [3.63, 3.8) is 0 Å². The highest BCUT2D eigenvalue weighted by Gasteiger charge is 2.49. The van der Waals surface area contributed by atoms with Crippen LogP contribution < -0.4 is 9.47 Å². The van der Waals surface area contributed by atoms with Crippen molar-refractivity contribution in [1.82, 2.24) is 0 Å². The van der Waals surface area contributed by atoms with E-state index in [4.69, 9.17) is 14.2 Å². The zero-order valence-corrected chi connectivity index (χ0v) is 20.9. The first-order valence-corrected chi connectivity index (χ1v) is 12.4. The van der Waals surface area contributed by atoms with Gasteiger partial charge in [0.1, 0.15) is 5.75 Å². The van der Waals surface area contributed by atoms with E-state index in [0.717, 1.165) is 32.1 Å². The molecule has 35 heavy (non-hydrogen) atoms. The molecule has 190 valence electrons. The lowest BCUT2D eigenvalue weighted by atomic mass is 9.92. The fourth-order valence-corrected chi connectivity index (χ4v) is 4.24. The largest absolute Gasteiger partial charge is 0.490 e. The van der Waals surface area contributed by atoms with Crippen LogP contribution in [0.2, 0.25) is 0 Å². The summed E-state index contributed by atoms with van der Waals surface area (Å²) < 4.78 is 45.7. The van der Waals surface area contributed by atoms with E-state index in [1.807, 2.05) is 6.92 Å². The van der Waals surface area contributed by atoms with Crippen LogP contribution in [0.15, 0.2) is 30.3 Å². The van der Waals surface area contributed by atoms with Crippen molar-refractivity contribution in [1.29, 1.82) is 0 Å². The number of hydrogen-bond donors (Lipinski definition) is 0. The molecule has 1 aliphatic heterocycles. The Kier molecular flexibility index (Phi) is 8.87. The van der Waals surface area contributed by atoms with Crippen LogP contribution in [0.1, 0.15) is 71.3 Å². The van der Waals surface area contributed by atoms with E-state index in [-0.39, 0.29) is 35.4 Å². The number of rotatable bonds is 11.